The Bertz CT molecular complexity index is 300. The highest BCUT2D eigenvalue weighted by molar-refractivity contribution is 5.77. The van der Waals surface area contributed by atoms with E-state index in [4.69, 9.17) is 4.84 Å². The largest absolute Gasteiger partial charge is 0.619 e. The normalized spacial score (nSPS) is 10.6. The van der Waals surface area contributed by atoms with Gasteiger partial charge in [0.15, 0.2) is 12.4 Å². The second-order valence-electron chi connectivity index (χ2n) is 2.92. The maximum atomic E-state index is 10.8. The summed E-state index contributed by atoms with van der Waals surface area (Å²) in [6.45, 7) is 2.71. The molecule has 0 unspecified atom stereocenters. The van der Waals surface area contributed by atoms with E-state index >= 15 is 0 Å². The van der Waals surface area contributed by atoms with Crippen LogP contribution in [0.4, 0.5) is 0 Å². The minimum Gasteiger partial charge on any atom is -0.619 e. The fourth-order valence-corrected chi connectivity index (χ4v) is 0.908. The molecule has 14 heavy (non-hydrogen) atoms. The Balaban J connectivity index is 2.36. The topological polar surface area (TPSA) is 48.5 Å². The SMILES string of the molecule is CCCCO/N=C/c1ccc[n+]([O-])c1. The van der Waals surface area contributed by atoms with Crippen molar-refractivity contribution in [2.24, 2.45) is 5.16 Å². The molecule has 0 aliphatic carbocycles. The van der Waals surface area contributed by atoms with Gasteiger partial charge in [0.25, 0.3) is 0 Å². The maximum Gasteiger partial charge on any atom is 0.189 e. The van der Waals surface area contributed by atoms with E-state index in [0.717, 1.165) is 23.1 Å². The van der Waals surface area contributed by atoms with Crippen molar-refractivity contribution >= 4 is 6.21 Å². The minimum atomic E-state index is 0.622. The number of pyridine rings is 1. The third kappa shape index (κ3) is 3.89. The molecule has 1 aromatic rings. The molecule has 4 heteroatoms. The average molecular weight is 194 g/mol. The Morgan fingerprint density at radius 2 is 2.50 bits per heavy atom. The predicted octanol–water partition coefficient (Wildman–Crippen LogP) is 1.47. The van der Waals surface area contributed by atoms with E-state index in [1.807, 2.05) is 0 Å². The Morgan fingerprint density at radius 1 is 1.64 bits per heavy atom. The van der Waals surface area contributed by atoms with Crippen LogP contribution in [0.3, 0.4) is 0 Å². The first-order chi connectivity index (χ1) is 6.83. The fourth-order valence-electron chi connectivity index (χ4n) is 0.908. The molecule has 4 nitrogen and oxygen atoms in total. The van der Waals surface area contributed by atoms with Crippen LogP contribution in [-0.4, -0.2) is 12.8 Å². The summed E-state index contributed by atoms with van der Waals surface area (Å²) in [6, 6.07) is 3.46. The molecular formula is C10H14N2O2. The van der Waals surface area contributed by atoms with Crippen molar-refractivity contribution in [1.29, 1.82) is 0 Å². The third-order valence-electron chi connectivity index (χ3n) is 1.66. The number of oxime groups is 1. The molecule has 0 bridgehead atoms. The van der Waals surface area contributed by atoms with E-state index in [0.29, 0.717) is 6.61 Å². The van der Waals surface area contributed by atoms with Gasteiger partial charge in [-0.25, -0.2) is 0 Å². The van der Waals surface area contributed by atoms with Crippen molar-refractivity contribution in [2.45, 2.75) is 19.8 Å². The van der Waals surface area contributed by atoms with Gasteiger partial charge in [-0.3, -0.25) is 0 Å². The lowest BCUT2D eigenvalue weighted by Crippen LogP contribution is -2.24. The van der Waals surface area contributed by atoms with E-state index in [2.05, 4.69) is 12.1 Å². The summed E-state index contributed by atoms with van der Waals surface area (Å²) in [5.74, 6) is 0. The summed E-state index contributed by atoms with van der Waals surface area (Å²) in [4.78, 5) is 4.98. The van der Waals surface area contributed by atoms with E-state index in [-0.39, 0.29) is 0 Å². The standard InChI is InChI=1S/C10H14N2O2/c1-2-3-7-14-11-8-10-5-4-6-12(13)9-10/h4-6,8-9H,2-3,7H2,1H3/b11-8+. The molecule has 0 N–H and O–H groups in total. The second kappa shape index (κ2) is 5.96. The maximum absolute atomic E-state index is 10.8. The molecule has 0 atom stereocenters. The second-order valence-corrected chi connectivity index (χ2v) is 2.92. The predicted molar refractivity (Wildman–Crippen MR) is 53.9 cm³/mol. The summed E-state index contributed by atoms with van der Waals surface area (Å²) in [5, 5.41) is 14.6. The summed E-state index contributed by atoms with van der Waals surface area (Å²) in [7, 11) is 0. The lowest BCUT2D eigenvalue weighted by Gasteiger charge is -1.96. The number of rotatable bonds is 5. The van der Waals surface area contributed by atoms with Crippen LogP contribution in [0, 0.1) is 5.21 Å². The highest BCUT2D eigenvalue weighted by Crippen LogP contribution is 1.91. The molecule has 76 valence electrons. The molecule has 0 aliphatic heterocycles. The molecule has 1 aromatic heterocycles. The molecule has 0 aromatic carbocycles. The Kier molecular flexibility index (Phi) is 4.47. The Labute approximate surface area is 83.4 Å². The third-order valence-corrected chi connectivity index (χ3v) is 1.66. The average Bonchev–Trinajstić information content (AvgIpc) is 2.18. The van der Waals surface area contributed by atoms with Crippen LogP contribution >= 0.6 is 0 Å². The van der Waals surface area contributed by atoms with Crippen molar-refractivity contribution in [3.63, 3.8) is 0 Å². The highest BCUT2D eigenvalue weighted by Gasteiger charge is 1.92. The zero-order valence-electron chi connectivity index (χ0n) is 8.22. The van der Waals surface area contributed by atoms with Crippen LogP contribution in [0.25, 0.3) is 0 Å². The molecular weight excluding hydrogens is 180 g/mol. The van der Waals surface area contributed by atoms with Crippen LogP contribution < -0.4 is 4.73 Å². The summed E-state index contributed by atoms with van der Waals surface area (Å²) >= 11 is 0. The number of hydrogen-bond acceptors (Lipinski definition) is 3. The zero-order valence-corrected chi connectivity index (χ0v) is 8.22. The summed E-state index contributed by atoms with van der Waals surface area (Å²) < 4.78 is 0.730. The van der Waals surface area contributed by atoms with Crippen molar-refractivity contribution in [3.8, 4) is 0 Å². The van der Waals surface area contributed by atoms with Crippen LogP contribution in [0.5, 0.6) is 0 Å². The minimum absolute atomic E-state index is 0.622. The number of nitrogens with zero attached hydrogens (tertiary/aromatic N) is 2. The van der Waals surface area contributed by atoms with Crippen LogP contribution in [0.1, 0.15) is 25.3 Å². The highest BCUT2D eigenvalue weighted by atomic mass is 16.6. The smallest absolute Gasteiger partial charge is 0.189 e. The van der Waals surface area contributed by atoms with Gasteiger partial charge in [-0.1, -0.05) is 18.5 Å². The molecule has 1 heterocycles. The molecule has 0 spiro atoms. The number of unbranched alkanes of at least 4 members (excludes halogenated alkanes) is 1. The molecule has 0 aliphatic rings. The molecule has 0 saturated heterocycles. The fraction of sp³-hybridized carbons (Fsp3) is 0.400. The van der Waals surface area contributed by atoms with E-state index in [1.165, 1.54) is 18.6 Å². The number of hydrogen-bond donors (Lipinski definition) is 0. The van der Waals surface area contributed by atoms with Gasteiger partial charge in [0, 0.05) is 6.07 Å². The van der Waals surface area contributed by atoms with Crippen molar-refractivity contribution < 1.29 is 9.57 Å². The molecule has 0 saturated carbocycles. The van der Waals surface area contributed by atoms with Crippen LogP contribution in [0.15, 0.2) is 29.7 Å². The molecule has 0 amide bonds. The monoisotopic (exact) mass is 194 g/mol. The summed E-state index contributed by atoms with van der Waals surface area (Å²) in [6.07, 6.45) is 6.47. The molecule has 0 radical (unpaired) electrons. The Hall–Kier alpha value is -1.58. The first-order valence-electron chi connectivity index (χ1n) is 4.67. The van der Waals surface area contributed by atoms with Crippen LogP contribution in [-0.2, 0) is 4.84 Å². The van der Waals surface area contributed by atoms with Gasteiger partial charge in [-0.05, 0) is 12.5 Å². The van der Waals surface area contributed by atoms with Gasteiger partial charge >= 0.3 is 0 Å². The number of aromatic nitrogens is 1. The summed E-state index contributed by atoms with van der Waals surface area (Å²) in [5.41, 5.74) is 0.735. The first kappa shape index (κ1) is 10.5. The van der Waals surface area contributed by atoms with Crippen molar-refractivity contribution in [2.75, 3.05) is 6.61 Å². The lowest BCUT2D eigenvalue weighted by molar-refractivity contribution is -0.605. The van der Waals surface area contributed by atoms with Gasteiger partial charge < -0.3 is 10.0 Å². The van der Waals surface area contributed by atoms with Gasteiger partial charge in [0.05, 0.1) is 11.8 Å². The van der Waals surface area contributed by atoms with Gasteiger partial charge in [-0.2, -0.15) is 4.73 Å². The van der Waals surface area contributed by atoms with Gasteiger partial charge in [-0.15, -0.1) is 0 Å². The van der Waals surface area contributed by atoms with E-state index < -0.39 is 0 Å². The van der Waals surface area contributed by atoms with E-state index in [1.54, 1.807) is 12.1 Å². The van der Waals surface area contributed by atoms with Crippen molar-refractivity contribution in [1.82, 2.24) is 0 Å². The molecule has 1 rings (SSSR count). The molecule has 0 fully saturated rings. The van der Waals surface area contributed by atoms with Gasteiger partial charge in [0.2, 0.25) is 0 Å². The van der Waals surface area contributed by atoms with Crippen molar-refractivity contribution in [3.05, 3.63) is 35.3 Å². The van der Waals surface area contributed by atoms with Crippen LogP contribution in [0.2, 0.25) is 0 Å². The van der Waals surface area contributed by atoms with Gasteiger partial charge in [0.1, 0.15) is 6.61 Å². The quantitative estimate of drug-likeness (QED) is 0.234. The first-order valence-corrected chi connectivity index (χ1v) is 4.67. The zero-order chi connectivity index (χ0) is 10.2. The van der Waals surface area contributed by atoms with E-state index in [9.17, 15) is 5.21 Å². The Morgan fingerprint density at radius 3 is 3.21 bits per heavy atom. The lowest BCUT2D eigenvalue weighted by atomic mass is 10.3.